The highest BCUT2D eigenvalue weighted by Crippen LogP contribution is 2.19. The van der Waals surface area contributed by atoms with Crippen LogP contribution in [-0.2, 0) is 4.74 Å². The summed E-state index contributed by atoms with van der Waals surface area (Å²) >= 11 is 0. The van der Waals surface area contributed by atoms with Gasteiger partial charge in [-0.25, -0.2) is 0 Å². The first-order chi connectivity index (χ1) is 8.33. The average Bonchev–Trinajstić information content (AvgIpc) is 2.26. The molecule has 0 aliphatic carbocycles. The summed E-state index contributed by atoms with van der Waals surface area (Å²) < 4.78 is 39.7. The van der Waals surface area contributed by atoms with Crippen LogP contribution in [0.2, 0.25) is 0 Å². The quantitative estimate of drug-likeness (QED) is 0.827. The van der Waals surface area contributed by atoms with E-state index in [1.807, 2.05) is 6.92 Å². The number of piperazine rings is 1. The lowest BCUT2D eigenvalue weighted by Gasteiger charge is -2.42. The van der Waals surface area contributed by atoms with E-state index in [4.69, 9.17) is 0 Å². The van der Waals surface area contributed by atoms with E-state index in [9.17, 15) is 13.2 Å². The Bertz CT molecular complexity index is 248. The molecule has 3 nitrogen and oxygen atoms in total. The van der Waals surface area contributed by atoms with Crippen LogP contribution in [0, 0.1) is 5.92 Å². The normalized spacial score (nSPS) is 28.3. The van der Waals surface area contributed by atoms with E-state index in [1.54, 1.807) is 0 Å². The van der Waals surface area contributed by atoms with Gasteiger partial charge >= 0.3 is 6.36 Å². The van der Waals surface area contributed by atoms with Gasteiger partial charge in [0, 0.05) is 31.7 Å². The Labute approximate surface area is 107 Å². The number of nitrogens with zero attached hydrogens (tertiary/aromatic N) is 1. The molecule has 1 aliphatic rings. The molecule has 108 valence electrons. The van der Waals surface area contributed by atoms with Crippen molar-refractivity contribution in [3.05, 3.63) is 0 Å². The number of hydrogen-bond donors (Lipinski definition) is 1. The highest BCUT2D eigenvalue weighted by molar-refractivity contribution is 4.86. The van der Waals surface area contributed by atoms with Gasteiger partial charge < -0.3 is 5.32 Å². The molecule has 1 N–H and O–H groups in total. The molecule has 0 saturated carbocycles. The molecule has 3 unspecified atom stereocenters. The highest BCUT2D eigenvalue weighted by atomic mass is 19.4. The largest absolute Gasteiger partial charge is 0.522 e. The molecule has 0 aromatic rings. The molecular formula is C12H23F3N2O. The monoisotopic (exact) mass is 268 g/mol. The lowest BCUT2D eigenvalue weighted by molar-refractivity contribution is -0.325. The summed E-state index contributed by atoms with van der Waals surface area (Å²) in [5, 5.41) is 3.38. The van der Waals surface area contributed by atoms with Gasteiger partial charge in [0.05, 0.1) is 6.61 Å². The fraction of sp³-hybridized carbons (Fsp3) is 1.00. The minimum atomic E-state index is -4.52. The Hall–Kier alpha value is -0.330. The second-order valence-corrected chi connectivity index (χ2v) is 5.05. The molecule has 0 bridgehead atoms. The summed E-state index contributed by atoms with van der Waals surface area (Å²) in [6, 6.07) is 0.610. The van der Waals surface area contributed by atoms with Crippen LogP contribution in [0.3, 0.4) is 0 Å². The Morgan fingerprint density at radius 3 is 2.67 bits per heavy atom. The molecule has 0 radical (unpaired) electrons. The van der Waals surface area contributed by atoms with Crippen LogP contribution in [0.5, 0.6) is 0 Å². The first-order valence-corrected chi connectivity index (χ1v) is 6.51. The Morgan fingerprint density at radius 1 is 1.44 bits per heavy atom. The van der Waals surface area contributed by atoms with Gasteiger partial charge in [-0.2, -0.15) is 0 Å². The fourth-order valence-electron chi connectivity index (χ4n) is 2.37. The Kier molecular flexibility index (Phi) is 5.88. The lowest BCUT2D eigenvalue weighted by Crippen LogP contribution is -2.58. The van der Waals surface area contributed by atoms with Crippen LogP contribution >= 0.6 is 0 Å². The van der Waals surface area contributed by atoms with Crippen LogP contribution in [0.4, 0.5) is 13.2 Å². The number of ether oxygens (including phenoxy) is 1. The third-order valence-corrected chi connectivity index (χ3v) is 3.60. The molecule has 1 rings (SSSR count). The zero-order valence-corrected chi connectivity index (χ0v) is 11.3. The molecule has 1 heterocycles. The third kappa shape index (κ3) is 5.12. The van der Waals surface area contributed by atoms with Crippen molar-refractivity contribution < 1.29 is 17.9 Å². The minimum Gasteiger partial charge on any atom is -0.311 e. The SMILES string of the molecule is CCC(C)C1CNC(C)CN1CCOC(F)(F)F. The van der Waals surface area contributed by atoms with Gasteiger partial charge in [0.25, 0.3) is 0 Å². The zero-order valence-electron chi connectivity index (χ0n) is 11.3. The molecule has 1 fully saturated rings. The zero-order chi connectivity index (χ0) is 13.8. The third-order valence-electron chi connectivity index (χ3n) is 3.60. The Balaban J connectivity index is 2.46. The summed E-state index contributed by atoms with van der Waals surface area (Å²) in [6.07, 6.45) is -3.50. The molecule has 0 spiro atoms. The number of alkyl halides is 3. The molecule has 6 heteroatoms. The number of halogens is 3. The topological polar surface area (TPSA) is 24.5 Å². The van der Waals surface area contributed by atoms with Crippen molar-refractivity contribution in [2.45, 2.75) is 45.6 Å². The van der Waals surface area contributed by atoms with E-state index in [-0.39, 0.29) is 6.61 Å². The fourth-order valence-corrected chi connectivity index (χ4v) is 2.37. The second-order valence-electron chi connectivity index (χ2n) is 5.05. The summed E-state index contributed by atoms with van der Waals surface area (Å²) in [4.78, 5) is 2.11. The standard InChI is InChI=1S/C12H23F3N2O/c1-4-9(2)11-7-16-10(3)8-17(11)5-6-18-12(13,14)15/h9-11,16H,4-8H2,1-3H3. The lowest BCUT2D eigenvalue weighted by atomic mass is 9.95. The van der Waals surface area contributed by atoms with Crippen molar-refractivity contribution in [1.82, 2.24) is 10.2 Å². The van der Waals surface area contributed by atoms with E-state index < -0.39 is 6.36 Å². The van der Waals surface area contributed by atoms with Gasteiger partial charge in [-0.15, -0.1) is 13.2 Å². The summed E-state index contributed by atoms with van der Waals surface area (Å²) in [6.45, 7) is 7.94. The first kappa shape index (κ1) is 15.7. The van der Waals surface area contributed by atoms with Crippen LogP contribution in [0.25, 0.3) is 0 Å². The van der Waals surface area contributed by atoms with Gasteiger partial charge in [-0.05, 0) is 12.8 Å². The van der Waals surface area contributed by atoms with Crippen molar-refractivity contribution in [3.63, 3.8) is 0 Å². The van der Waals surface area contributed by atoms with Crippen LogP contribution in [0.1, 0.15) is 27.2 Å². The van der Waals surface area contributed by atoms with Crippen molar-refractivity contribution in [3.8, 4) is 0 Å². The average molecular weight is 268 g/mol. The molecule has 0 aromatic carbocycles. The predicted octanol–water partition coefficient (Wildman–Crippen LogP) is 2.23. The van der Waals surface area contributed by atoms with Crippen LogP contribution < -0.4 is 5.32 Å². The molecular weight excluding hydrogens is 245 g/mol. The van der Waals surface area contributed by atoms with Gasteiger partial charge in [0.15, 0.2) is 0 Å². The van der Waals surface area contributed by atoms with E-state index in [0.717, 1.165) is 19.5 Å². The number of hydrogen-bond acceptors (Lipinski definition) is 3. The van der Waals surface area contributed by atoms with Crippen LogP contribution in [-0.4, -0.2) is 49.6 Å². The molecule has 0 aromatic heterocycles. The number of rotatable bonds is 5. The number of nitrogens with one attached hydrogen (secondary N) is 1. The smallest absolute Gasteiger partial charge is 0.311 e. The summed E-state index contributed by atoms with van der Waals surface area (Å²) in [7, 11) is 0. The van der Waals surface area contributed by atoms with Crippen molar-refractivity contribution in [1.29, 1.82) is 0 Å². The summed E-state index contributed by atoms with van der Waals surface area (Å²) in [5.41, 5.74) is 0. The van der Waals surface area contributed by atoms with E-state index in [0.29, 0.717) is 24.5 Å². The van der Waals surface area contributed by atoms with Crippen molar-refractivity contribution in [2.24, 2.45) is 5.92 Å². The first-order valence-electron chi connectivity index (χ1n) is 6.51. The highest BCUT2D eigenvalue weighted by Gasteiger charge is 2.32. The van der Waals surface area contributed by atoms with Crippen LogP contribution in [0.15, 0.2) is 0 Å². The van der Waals surface area contributed by atoms with Gasteiger partial charge in [-0.3, -0.25) is 9.64 Å². The Morgan fingerprint density at radius 2 is 2.11 bits per heavy atom. The van der Waals surface area contributed by atoms with E-state index in [1.165, 1.54) is 0 Å². The van der Waals surface area contributed by atoms with E-state index >= 15 is 0 Å². The molecule has 3 atom stereocenters. The molecule has 18 heavy (non-hydrogen) atoms. The maximum atomic E-state index is 12.0. The van der Waals surface area contributed by atoms with Crippen molar-refractivity contribution >= 4 is 0 Å². The van der Waals surface area contributed by atoms with Gasteiger partial charge in [0.1, 0.15) is 0 Å². The minimum absolute atomic E-state index is 0.289. The van der Waals surface area contributed by atoms with E-state index in [2.05, 4.69) is 28.8 Å². The molecule has 0 amide bonds. The maximum absolute atomic E-state index is 12.0. The summed E-state index contributed by atoms with van der Waals surface area (Å²) in [5.74, 6) is 0.468. The van der Waals surface area contributed by atoms with Gasteiger partial charge in [-0.1, -0.05) is 20.3 Å². The molecule has 1 aliphatic heterocycles. The van der Waals surface area contributed by atoms with Crippen molar-refractivity contribution in [2.75, 3.05) is 26.2 Å². The van der Waals surface area contributed by atoms with Gasteiger partial charge in [0.2, 0.25) is 0 Å². The second kappa shape index (κ2) is 6.73. The maximum Gasteiger partial charge on any atom is 0.522 e. The predicted molar refractivity (Wildman–Crippen MR) is 64.3 cm³/mol. The molecule has 1 saturated heterocycles.